The van der Waals surface area contributed by atoms with Gasteiger partial charge in [-0.2, -0.15) is 0 Å². The predicted molar refractivity (Wildman–Crippen MR) is 222 cm³/mol. The molecule has 10 heteroatoms. The Balaban J connectivity index is 1.74. The van der Waals surface area contributed by atoms with Crippen LogP contribution < -0.4 is 0 Å². The van der Waals surface area contributed by atoms with Crippen molar-refractivity contribution in [1.82, 2.24) is 9.80 Å². The molecule has 0 atom stereocenters. The number of aliphatic imine (C=N–C) groups is 2. The third-order valence-corrected chi connectivity index (χ3v) is 11.7. The summed E-state index contributed by atoms with van der Waals surface area (Å²) in [5, 5.41) is 0.297. The molecule has 4 aromatic carbocycles. The van der Waals surface area contributed by atoms with Gasteiger partial charge >= 0.3 is 0 Å². The number of hydrogen-bond donors (Lipinski definition) is 0. The monoisotopic (exact) mass is 800 g/mol. The number of amidine groups is 2. The zero-order chi connectivity index (χ0) is 38.2. The Kier molecular flexibility index (Phi) is 12.6. The summed E-state index contributed by atoms with van der Waals surface area (Å²) in [4.78, 5) is 14.8. The van der Waals surface area contributed by atoms with E-state index in [1.54, 1.807) is 0 Å². The lowest BCUT2D eigenvalue weighted by Gasteiger charge is -2.40. The smallest absolute Gasteiger partial charge is 0.149 e. The zero-order valence-corrected chi connectivity index (χ0v) is 35.0. The number of para-hydroxylation sites is 1. The average Bonchev–Trinajstić information content (AvgIpc) is 3.09. The number of aryl methyl sites for hydroxylation is 2. The fraction of sp³-hybridized carbons (Fsp3) is 0.381. The van der Waals surface area contributed by atoms with Gasteiger partial charge < -0.3 is 9.80 Å². The SMILES string of the molecule is Cc1cc(C)c(N=C(c2c(Cl)c(Cl)c(Cl)c(Cl)c2Cl)N2CCCN(C(=Nc3c(C(C)C)cccc3C(C)C)c3ccc(C(C)(C)C)cc3)C2)c(F)c1. The van der Waals surface area contributed by atoms with Gasteiger partial charge in [-0.05, 0) is 71.4 Å². The lowest BCUT2D eigenvalue weighted by molar-refractivity contribution is 0.214. The van der Waals surface area contributed by atoms with E-state index in [0.717, 1.165) is 29.1 Å². The van der Waals surface area contributed by atoms with E-state index < -0.39 is 5.82 Å². The molecular weight excluding hydrogens is 757 g/mol. The Hall–Kier alpha value is -2.80. The molecule has 0 aromatic heterocycles. The maximum Gasteiger partial charge on any atom is 0.149 e. The Bertz CT molecular complexity index is 1950. The van der Waals surface area contributed by atoms with E-state index in [0.29, 0.717) is 31.2 Å². The molecule has 276 valence electrons. The molecule has 4 aromatic rings. The molecule has 0 saturated carbocycles. The van der Waals surface area contributed by atoms with Crippen molar-refractivity contribution in [2.45, 2.75) is 86.0 Å². The van der Waals surface area contributed by atoms with Crippen molar-refractivity contribution in [3.8, 4) is 0 Å². The Morgan fingerprint density at radius 1 is 0.692 bits per heavy atom. The van der Waals surface area contributed by atoms with Crippen LogP contribution in [-0.4, -0.2) is 41.2 Å². The molecule has 0 radical (unpaired) electrons. The summed E-state index contributed by atoms with van der Waals surface area (Å²) in [6.45, 7) is 20.7. The van der Waals surface area contributed by atoms with Crippen LogP contribution in [0.25, 0.3) is 0 Å². The second kappa shape index (κ2) is 16.3. The minimum absolute atomic E-state index is 0.0127. The fourth-order valence-electron chi connectivity index (χ4n) is 6.57. The normalized spacial score (nSPS) is 14.6. The van der Waals surface area contributed by atoms with E-state index in [9.17, 15) is 0 Å². The summed E-state index contributed by atoms with van der Waals surface area (Å²) < 4.78 is 15.7. The summed E-state index contributed by atoms with van der Waals surface area (Å²) in [5.74, 6) is 1.21. The minimum atomic E-state index is -0.463. The summed E-state index contributed by atoms with van der Waals surface area (Å²) in [6, 6.07) is 18.5. The topological polar surface area (TPSA) is 31.2 Å². The molecule has 1 saturated heterocycles. The van der Waals surface area contributed by atoms with Gasteiger partial charge in [0.2, 0.25) is 0 Å². The molecular formula is C42H46Cl5FN4. The molecule has 1 aliphatic rings. The van der Waals surface area contributed by atoms with Crippen LogP contribution in [0.2, 0.25) is 25.1 Å². The van der Waals surface area contributed by atoms with Crippen LogP contribution in [0.15, 0.2) is 64.6 Å². The molecule has 0 N–H and O–H groups in total. The van der Waals surface area contributed by atoms with Crippen molar-refractivity contribution in [2.24, 2.45) is 9.98 Å². The largest absolute Gasteiger partial charge is 0.338 e. The Labute approximate surface area is 333 Å². The maximum atomic E-state index is 15.7. The first-order valence-electron chi connectivity index (χ1n) is 17.6. The number of rotatable bonds is 6. The fourth-order valence-corrected chi connectivity index (χ4v) is 7.88. The van der Waals surface area contributed by atoms with E-state index in [1.165, 1.54) is 22.8 Å². The highest BCUT2D eigenvalue weighted by Crippen LogP contribution is 2.45. The van der Waals surface area contributed by atoms with E-state index >= 15 is 4.39 Å². The summed E-state index contributed by atoms with van der Waals surface area (Å²) in [6.07, 6.45) is 0.737. The number of nitrogens with zero attached hydrogens (tertiary/aromatic N) is 4. The van der Waals surface area contributed by atoms with E-state index in [4.69, 9.17) is 68.0 Å². The van der Waals surface area contributed by atoms with Gasteiger partial charge in [0.1, 0.15) is 23.2 Å². The van der Waals surface area contributed by atoms with Gasteiger partial charge in [-0.25, -0.2) is 14.4 Å². The molecule has 0 spiro atoms. The molecule has 0 bridgehead atoms. The van der Waals surface area contributed by atoms with Crippen molar-refractivity contribution in [3.05, 3.63) is 124 Å². The first-order valence-corrected chi connectivity index (χ1v) is 19.5. The van der Waals surface area contributed by atoms with Gasteiger partial charge in [-0.3, -0.25) is 0 Å². The molecule has 0 aliphatic carbocycles. The maximum absolute atomic E-state index is 15.7. The van der Waals surface area contributed by atoms with Crippen molar-refractivity contribution >= 4 is 81.1 Å². The Morgan fingerprint density at radius 3 is 1.69 bits per heavy atom. The molecule has 4 nitrogen and oxygen atoms in total. The van der Waals surface area contributed by atoms with Crippen LogP contribution in [0.5, 0.6) is 0 Å². The van der Waals surface area contributed by atoms with Gasteiger partial charge in [0.15, 0.2) is 0 Å². The standard InChI is InChI=1S/C42H46Cl5FN4/c1-23(2)29-12-10-13-30(24(3)4)39(29)50-40(27-14-16-28(17-15-27)42(7,8)9)51-18-11-19-52(22-51)41(49-38-26(6)20-25(5)21-31(38)48)32-33(43)35(45)37(47)36(46)34(32)44/h10,12-17,20-21,23-24H,11,18-19,22H2,1-9H3. The second-order valence-corrected chi connectivity index (χ2v) is 17.1. The molecule has 1 heterocycles. The van der Waals surface area contributed by atoms with Crippen LogP contribution in [-0.2, 0) is 5.41 Å². The molecule has 1 aliphatic heterocycles. The molecule has 0 unspecified atom stereocenters. The second-order valence-electron chi connectivity index (χ2n) is 15.2. The van der Waals surface area contributed by atoms with Crippen molar-refractivity contribution < 1.29 is 4.39 Å². The molecule has 52 heavy (non-hydrogen) atoms. The van der Waals surface area contributed by atoms with Gasteiger partial charge in [0.25, 0.3) is 0 Å². The van der Waals surface area contributed by atoms with Crippen LogP contribution in [0.1, 0.15) is 106 Å². The first kappa shape index (κ1) is 40.4. The molecule has 1 fully saturated rings. The average molecular weight is 803 g/mol. The Morgan fingerprint density at radius 2 is 1.19 bits per heavy atom. The van der Waals surface area contributed by atoms with E-state index in [-0.39, 0.29) is 53.6 Å². The quantitative estimate of drug-likeness (QED) is 0.0841. The third kappa shape index (κ3) is 8.45. The highest BCUT2D eigenvalue weighted by molar-refractivity contribution is 6.56. The van der Waals surface area contributed by atoms with Crippen molar-refractivity contribution in [3.63, 3.8) is 0 Å². The summed E-state index contributed by atoms with van der Waals surface area (Å²) in [5.41, 5.74) is 7.44. The highest BCUT2D eigenvalue weighted by Gasteiger charge is 2.31. The van der Waals surface area contributed by atoms with Crippen LogP contribution >= 0.6 is 58.0 Å². The van der Waals surface area contributed by atoms with Crippen molar-refractivity contribution in [2.75, 3.05) is 19.8 Å². The lowest BCUT2D eigenvalue weighted by Crippen LogP contribution is -2.50. The van der Waals surface area contributed by atoms with Crippen LogP contribution in [0.3, 0.4) is 0 Å². The third-order valence-electron chi connectivity index (χ3n) is 9.42. The molecule has 0 amide bonds. The number of hydrogen-bond acceptors (Lipinski definition) is 2. The van der Waals surface area contributed by atoms with Gasteiger partial charge in [-0.15, -0.1) is 0 Å². The highest BCUT2D eigenvalue weighted by atomic mass is 35.5. The first-order chi connectivity index (χ1) is 24.4. The molecule has 5 rings (SSSR count). The number of halogens is 6. The van der Waals surface area contributed by atoms with Crippen LogP contribution in [0, 0.1) is 19.7 Å². The van der Waals surface area contributed by atoms with Gasteiger partial charge in [-0.1, -0.05) is 155 Å². The predicted octanol–water partition coefficient (Wildman–Crippen LogP) is 14.1. The summed E-state index contributed by atoms with van der Waals surface area (Å²) in [7, 11) is 0. The number of benzene rings is 4. The summed E-state index contributed by atoms with van der Waals surface area (Å²) >= 11 is 33.5. The zero-order valence-electron chi connectivity index (χ0n) is 31.2. The minimum Gasteiger partial charge on any atom is -0.338 e. The van der Waals surface area contributed by atoms with Crippen molar-refractivity contribution in [1.29, 1.82) is 0 Å². The van der Waals surface area contributed by atoms with Gasteiger partial charge in [0.05, 0.1) is 43.0 Å². The van der Waals surface area contributed by atoms with E-state index in [2.05, 4.69) is 95.8 Å². The van der Waals surface area contributed by atoms with E-state index in [1.807, 2.05) is 24.8 Å². The van der Waals surface area contributed by atoms with Gasteiger partial charge in [0, 0.05) is 18.7 Å². The lowest BCUT2D eigenvalue weighted by atomic mass is 9.86. The van der Waals surface area contributed by atoms with Crippen LogP contribution in [0.4, 0.5) is 15.8 Å².